The van der Waals surface area contributed by atoms with Crippen LogP contribution in [0.4, 0.5) is 4.79 Å². The van der Waals surface area contributed by atoms with E-state index in [1.165, 1.54) is 24.3 Å². The molecule has 0 saturated heterocycles. The van der Waals surface area contributed by atoms with Gasteiger partial charge in [0.1, 0.15) is 5.88 Å². The third-order valence-corrected chi connectivity index (χ3v) is 4.36. The predicted octanol–water partition coefficient (Wildman–Crippen LogP) is 0.691. The fourth-order valence-corrected chi connectivity index (χ4v) is 3.04. The van der Waals surface area contributed by atoms with Gasteiger partial charge in [-0.05, 0) is 31.2 Å². The van der Waals surface area contributed by atoms with Crippen LogP contribution in [0.25, 0.3) is 0 Å². The Morgan fingerprint density at radius 1 is 1.40 bits per heavy atom. The number of hydrogen-bond acceptors (Lipinski definition) is 5. The van der Waals surface area contributed by atoms with E-state index in [9.17, 15) is 13.2 Å². The maximum absolute atomic E-state index is 12.2. The highest BCUT2D eigenvalue weighted by atomic mass is 32.2. The molecule has 8 heteroatoms. The summed E-state index contributed by atoms with van der Waals surface area (Å²) < 4.78 is 24.4. The molecular weight excluding hydrogens is 280 g/mol. The van der Waals surface area contributed by atoms with Gasteiger partial charge in [-0.15, -0.1) is 0 Å². The number of carbonyl (C=O) groups excluding carboxylic acids is 1. The molecule has 0 radical (unpaired) electrons. The number of sulfone groups is 1. The molecule has 1 aliphatic heterocycles. The molecule has 0 atom stereocenters. The van der Waals surface area contributed by atoms with Crippen LogP contribution in [-0.2, 0) is 9.84 Å². The van der Waals surface area contributed by atoms with Gasteiger partial charge in [0.05, 0.1) is 28.8 Å². The number of carbonyl (C=O) groups is 1. The highest BCUT2D eigenvalue weighted by Gasteiger charge is 2.25. The summed E-state index contributed by atoms with van der Waals surface area (Å²) in [6, 6.07) is 6.94. The molecule has 0 fully saturated rings. The van der Waals surface area contributed by atoms with Crippen LogP contribution in [0.5, 0.6) is 0 Å². The van der Waals surface area contributed by atoms with Crippen LogP contribution in [0.1, 0.15) is 12.5 Å². The Balaban J connectivity index is 2.21. The minimum absolute atomic E-state index is 0.0736. The fraction of sp³-hybridized carbons (Fsp3) is 0.250. The van der Waals surface area contributed by atoms with Crippen LogP contribution in [0.3, 0.4) is 0 Å². The first-order valence-electron chi connectivity index (χ1n) is 5.73. The molecule has 2 amide bonds. The van der Waals surface area contributed by atoms with E-state index in [2.05, 4.69) is 10.5 Å². The van der Waals surface area contributed by atoms with Gasteiger partial charge in [0.25, 0.3) is 0 Å². The molecule has 0 spiro atoms. The van der Waals surface area contributed by atoms with Gasteiger partial charge in [-0.3, -0.25) is 0 Å². The highest BCUT2D eigenvalue weighted by Crippen LogP contribution is 2.14. The fourth-order valence-electron chi connectivity index (χ4n) is 1.72. The summed E-state index contributed by atoms with van der Waals surface area (Å²) in [6.07, 6.45) is 0. The molecule has 1 heterocycles. The lowest BCUT2D eigenvalue weighted by Gasteiger charge is -2.25. The number of rotatable bonds is 3. The first-order valence-corrected chi connectivity index (χ1v) is 7.38. The van der Waals surface area contributed by atoms with Gasteiger partial charge in [0.2, 0.25) is 0 Å². The summed E-state index contributed by atoms with van der Waals surface area (Å²) in [4.78, 5) is 12.8. The Hall–Kier alpha value is -2.40. The first-order chi connectivity index (χ1) is 9.42. The van der Waals surface area contributed by atoms with Crippen LogP contribution in [0.2, 0.25) is 0 Å². The average molecular weight is 292 g/mol. The Morgan fingerprint density at radius 2 is 2.05 bits per heavy atom. The number of urea groups is 1. The zero-order valence-electron chi connectivity index (χ0n) is 10.7. The smallest absolute Gasteiger partial charge is 0.303 e. The number of nitrogens with one attached hydrogen (secondary N) is 1. The maximum atomic E-state index is 12.2. The maximum Gasteiger partial charge on any atom is 0.339 e. The van der Waals surface area contributed by atoms with Gasteiger partial charge in [-0.1, -0.05) is 0 Å². The number of amides is 2. The number of benzene rings is 1. The van der Waals surface area contributed by atoms with Gasteiger partial charge in [-0.25, -0.2) is 18.6 Å². The van der Waals surface area contributed by atoms with Gasteiger partial charge in [0.15, 0.2) is 9.84 Å². The molecular formula is C12H12N4O3S. The first kappa shape index (κ1) is 14.0. The summed E-state index contributed by atoms with van der Waals surface area (Å²) in [5, 5.41) is 12.4. The van der Waals surface area contributed by atoms with Crippen LogP contribution < -0.4 is 5.43 Å². The van der Waals surface area contributed by atoms with Crippen molar-refractivity contribution in [1.82, 2.24) is 10.3 Å². The number of nitrogens with zero attached hydrogens (tertiary/aromatic N) is 3. The zero-order valence-corrected chi connectivity index (χ0v) is 11.5. The van der Waals surface area contributed by atoms with Crippen molar-refractivity contribution in [1.29, 1.82) is 5.26 Å². The van der Waals surface area contributed by atoms with Crippen LogP contribution in [0.15, 0.2) is 34.3 Å². The second-order valence-corrected chi connectivity index (χ2v) is 6.30. The van der Waals surface area contributed by atoms with E-state index in [0.717, 1.165) is 4.90 Å². The minimum Gasteiger partial charge on any atom is -0.303 e. The van der Waals surface area contributed by atoms with E-state index in [1.54, 1.807) is 6.92 Å². The molecule has 1 aromatic rings. The van der Waals surface area contributed by atoms with Crippen LogP contribution >= 0.6 is 0 Å². The van der Waals surface area contributed by atoms with Crippen molar-refractivity contribution in [3.63, 3.8) is 0 Å². The molecule has 0 aromatic heterocycles. The Morgan fingerprint density at radius 3 is 2.65 bits per heavy atom. The van der Waals surface area contributed by atoms with Crippen molar-refractivity contribution in [2.45, 2.75) is 11.8 Å². The summed E-state index contributed by atoms with van der Waals surface area (Å²) in [5.74, 6) is -0.433. The summed E-state index contributed by atoms with van der Waals surface area (Å²) in [7, 11) is -3.64. The third-order valence-electron chi connectivity index (χ3n) is 2.72. The molecule has 2 rings (SSSR count). The number of hydrogen-bond donors (Lipinski definition) is 1. The van der Waals surface area contributed by atoms with Crippen molar-refractivity contribution in [3.05, 3.63) is 29.8 Å². The van der Waals surface area contributed by atoms with E-state index < -0.39 is 21.7 Å². The second kappa shape index (κ2) is 5.30. The standard InChI is InChI=1S/C12H12N4O3S/c1-9-7-16(12(17)15-14-9)8-20(18,19)11-4-2-10(6-13)3-5-11/h2-5H,7-8H2,1H3,(H,15,17). The summed E-state index contributed by atoms with van der Waals surface area (Å²) in [5.41, 5.74) is 3.24. The monoisotopic (exact) mass is 292 g/mol. The van der Waals surface area contributed by atoms with E-state index in [0.29, 0.717) is 11.3 Å². The molecule has 0 saturated carbocycles. The lowest BCUT2D eigenvalue weighted by Crippen LogP contribution is -2.47. The molecule has 1 aromatic carbocycles. The van der Waals surface area contributed by atoms with Crippen molar-refractivity contribution in [2.75, 3.05) is 12.4 Å². The van der Waals surface area contributed by atoms with Gasteiger partial charge in [0, 0.05) is 0 Å². The second-order valence-electron chi connectivity index (χ2n) is 4.34. The molecule has 7 nitrogen and oxygen atoms in total. The third kappa shape index (κ3) is 2.95. The Bertz CT molecular complexity index is 701. The normalized spacial score (nSPS) is 15.3. The summed E-state index contributed by atoms with van der Waals surface area (Å²) >= 11 is 0. The topological polar surface area (TPSA) is 103 Å². The summed E-state index contributed by atoms with van der Waals surface area (Å²) in [6.45, 7) is 1.86. The highest BCUT2D eigenvalue weighted by molar-refractivity contribution is 7.91. The number of nitriles is 1. The lowest BCUT2D eigenvalue weighted by atomic mass is 10.2. The molecule has 1 aliphatic rings. The van der Waals surface area contributed by atoms with Crippen molar-refractivity contribution < 1.29 is 13.2 Å². The molecule has 0 aliphatic carbocycles. The van der Waals surface area contributed by atoms with E-state index in [4.69, 9.17) is 5.26 Å². The molecule has 104 valence electrons. The van der Waals surface area contributed by atoms with E-state index in [1.807, 2.05) is 6.07 Å². The quantitative estimate of drug-likeness (QED) is 0.885. The average Bonchev–Trinajstić information content (AvgIpc) is 2.43. The van der Waals surface area contributed by atoms with Crippen molar-refractivity contribution in [2.24, 2.45) is 5.10 Å². The predicted molar refractivity (Wildman–Crippen MR) is 71.6 cm³/mol. The molecule has 1 N–H and O–H groups in total. The Labute approximate surface area is 116 Å². The zero-order chi connectivity index (χ0) is 14.8. The van der Waals surface area contributed by atoms with Crippen molar-refractivity contribution in [3.8, 4) is 6.07 Å². The SMILES string of the molecule is CC1=NNC(=O)N(CS(=O)(=O)c2ccc(C#N)cc2)C1. The minimum atomic E-state index is -3.64. The molecule has 20 heavy (non-hydrogen) atoms. The number of hydrazone groups is 1. The van der Waals surface area contributed by atoms with Gasteiger partial charge < -0.3 is 4.90 Å². The van der Waals surface area contributed by atoms with Gasteiger partial charge in [-0.2, -0.15) is 10.4 Å². The molecule has 0 unspecified atom stereocenters. The van der Waals surface area contributed by atoms with Crippen LogP contribution in [0, 0.1) is 11.3 Å². The van der Waals surface area contributed by atoms with Crippen molar-refractivity contribution >= 4 is 21.6 Å². The Kier molecular flexibility index (Phi) is 3.72. The largest absolute Gasteiger partial charge is 0.339 e. The lowest BCUT2D eigenvalue weighted by molar-refractivity contribution is 0.209. The molecule has 0 bridgehead atoms. The van der Waals surface area contributed by atoms with Gasteiger partial charge >= 0.3 is 6.03 Å². The van der Waals surface area contributed by atoms with Crippen LogP contribution in [-0.4, -0.2) is 37.5 Å². The van der Waals surface area contributed by atoms with E-state index >= 15 is 0 Å². The van der Waals surface area contributed by atoms with E-state index in [-0.39, 0.29) is 11.4 Å².